The fraction of sp³-hybridized carbons (Fsp3) is 0.318. The van der Waals surface area contributed by atoms with Gasteiger partial charge in [-0.2, -0.15) is 0 Å². The predicted octanol–water partition coefficient (Wildman–Crippen LogP) is 3.87. The van der Waals surface area contributed by atoms with E-state index in [2.05, 4.69) is 16.3 Å². The molecule has 0 saturated heterocycles. The summed E-state index contributed by atoms with van der Waals surface area (Å²) in [4.78, 5) is 14.6. The number of carbonyl (C=O) groups is 1. The highest BCUT2D eigenvalue weighted by Crippen LogP contribution is 2.29. The SMILES string of the molecule is CCn1c(COc2ccccc2C)nnc1SCC(=O)N1CCc2ccccc21. The van der Waals surface area contributed by atoms with Gasteiger partial charge in [0.25, 0.3) is 0 Å². The van der Waals surface area contributed by atoms with Gasteiger partial charge in [-0.3, -0.25) is 4.79 Å². The van der Waals surface area contributed by atoms with Gasteiger partial charge < -0.3 is 14.2 Å². The van der Waals surface area contributed by atoms with Gasteiger partial charge in [-0.1, -0.05) is 48.2 Å². The van der Waals surface area contributed by atoms with Gasteiger partial charge >= 0.3 is 0 Å². The van der Waals surface area contributed by atoms with Crippen molar-refractivity contribution in [3.05, 3.63) is 65.5 Å². The van der Waals surface area contributed by atoms with E-state index in [1.807, 2.05) is 65.8 Å². The average molecular weight is 409 g/mol. The molecule has 0 bridgehead atoms. The molecule has 1 amide bonds. The van der Waals surface area contributed by atoms with Crippen LogP contribution >= 0.6 is 11.8 Å². The fourth-order valence-corrected chi connectivity index (χ4v) is 4.41. The van der Waals surface area contributed by atoms with Crippen molar-refractivity contribution in [2.75, 3.05) is 17.2 Å². The minimum atomic E-state index is 0.100. The number of nitrogens with zero attached hydrogens (tertiary/aromatic N) is 4. The molecule has 1 aliphatic rings. The second-order valence-electron chi connectivity index (χ2n) is 6.91. The van der Waals surface area contributed by atoms with Gasteiger partial charge in [-0.25, -0.2) is 0 Å². The smallest absolute Gasteiger partial charge is 0.237 e. The van der Waals surface area contributed by atoms with Crippen molar-refractivity contribution < 1.29 is 9.53 Å². The molecule has 150 valence electrons. The van der Waals surface area contributed by atoms with E-state index in [1.165, 1.54) is 17.3 Å². The highest BCUT2D eigenvalue weighted by molar-refractivity contribution is 7.99. The number of hydrogen-bond acceptors (Lipinski definition) is 5. The summed E-state index contributed by atoms with van der Waals surface area (Å²) in [5.74, 6) is 2.04. The number of rotatable bonds is 7. The summed E-state index contributed by atoms with van der Waals surface area (Å²) < 4.78 is 7.92. The molecular formula is C22H24N4O2S. The quantitative estimate of drug-likeness (QED) is 0.556. The molecule has 0 saturated carbocycles. The number of carbonyl (C=O) groups excluding carboxylic acids is 1. The first-order valence-corrected chi connectivity index (χ1v) is 10.8. The molecule has 6 nitrogen and oxygen atoms in total. The zero-order valence-electron chi connectivity index (χ0n) is 16.7. The molecule has 1 aliphatic heterocycles. The number of fused-ring (bicyclic) bond motifs is 1. The topological polar surface area (TPSA) is 60.2 Å². The van der Waals surface area contributed by atoms with Crippen LogP contribution in [0.5, 0.6) is 5.75 Å². The minimum Gasteiger partial charge on any atom is -0.485 e. The van der Waals surface area contributed by atoms with E-state index in [1.54, 1.807) is 0 Å². The number of ether oxygens (including phenoxy) is 1. The molecule has 3 aromatic rings. The van der Waals surface area contributed by atoms with Crippen LogP contribution in [-0.4, -0.2) is 33.0 Å². The first-order chi connectivity index (χ1) is 14.2. The summed E-state index contributed by atoms with van der Waals surface area (Å²) in [6.45, 7) is 5.88. The summed E-state index contributed by atoms with van der Waals surface area (Å²) in [5.41, 5.74) is 3.35. The number of aryl methyl sites for hydroxylation is 1. The van der Waals surface area contributed by atoms with Crippen LogP contribution < -0.4 is 9.64 Å². The number of benzene rings is 2. The molecule has 0 spiro atoms. The van der Waals surface area contributed by atoms with Gasteiger partial charge in [0.2, 0.25) is 5.91 Å². The summed E-state index contributed by atoms with van der Waals surface area (Å²) >= 11 is 1.43. The van der Waals surface area contributed by atoms with Crippen LogP contribution in [0.25, 0.3) is 0 Å². The van der Waals surface area contributed by atoms with Crippen LogP contribution in [0.3, 0.4) is 0 Å². The molecule has 0 radical (unpaired) electrons. The number of thioether (sulfide) groups is 1. The van der Waals surface area contributed by atoms with Crippen molar-refractivity contribution in [1.82, 2.24) is 14.8 Å². The van der Waals surface area contributed by atoms with Crippen molar-refractivity contribution in [2.24, 2.45) is 0 Å². The predicted molar refractivity (Wildman–Crippen MR) is 114 cm³/mol. The lowest BCUT2D eigenvalue weighted by molar-refractivity contribution is -0.116. The normalized spacial score (nSPS) is 12.8. The molecule has 2 aromatic carbocycles. The van der Waals surface area contributed by atoms with E-state index >= 15 is 0 Å². The van der Waals surface area contributed by atoms with Gasteiger partial charge in [-0.15, -0.1) is 10.2 Å². The fourth-order valence-electron chi connectivity index (χ4n) is 3.51. The third-order valence-corrected chi connectivity index (χ3v) is 6.02. The largest absolute Gasteiger partial charge is 0.485 e. The lowest BCUT2D eigenvalue weighted by Gasteiger charge is -2.17. The first-order valence-electron chi connectivity index (χ1n) is 9.79. The summed E-state index contributed by atoms with van der Waals surface area (Å²) in [5, 5.41) is 9.32. The number of amides is 1. The Kier molecular flexibility index (Phi) is 5.85. The van der Waals surface area contributed by atoms with Crippen molar-refractivity contribution in [3.8, 4) is 5.75 Å². The van der Waals surface area contributed by atoms with Gasteiger partial charge in [0.05, 0.1) is 5.75 Å². The Morgan fingerprint density at radius 2 is 1.93 bits per heavy atom. The molecule has 0 N–H and O–H groups in total. The Hall–Kier alpha value is -2.80. The van der Waals surface area contributed by atoms with E-state index in [9.17, 15) is 4.79 Å². The van der Waals surface area contributed by atoms with Crippen molar-refractivity contribution >= 4 is 23.4 Å². The molecule has 0 aliphatic carbocycles. The average Bonchev–Trinajstić information content (AvgIpc) is 3.35. The number of anilines is 1. The zero-order chi connectivity index (χ0) is 20.2. The van der Waals surface area contributed by atoms with Gasteiger partial charge in [-0.05, 0) is 43.5 Å². The molecule has 7 heteroatoms. The van der Waals surface area contributed by atoms with Crippen LogP contribution in [0.1, 0.15) is 23.9 Å². The third-order valence-electron chi connectivity index (χ3n) is 5.07. The third kappa shape index (κ3) is 4.15. The standard InChI is InChI=1S/C22H24N4O2S/c1-3-25-20(14-28-19-11-7-4-8-16(19)2)23-24-22(25)29-15-21(27)26-13-12-17-9-5-6-10-18(17)26/h4-11H,3,12-15H2,1-2H3. The van der Waals surface area contributed by atoms with E-state index in [4.69, 9.17) is 4.74 Å². The van der Waals surface area contributed by atoms with Crippen molar-refractivity contribution in [1.29, 1.82) is 0 Å². The zero-order valence-corrected chi connectivity index (χ0v) is 17.5. The van der Waals surface area contributed by atoms with Gasteiger partial charge in [0, 0.05) is 18.8 Å². The molecule has 2 heterocycles. The van der Waals surface area contributed by atoms with E-state index < -0.39 is 0 Å². The highest BCUT2D eigenvalue weighted by Gasteiger charge is 2.24. The molecule has 4 rings (SSSR count). The molecule has 0 fully saturated rings. The number of aromatic nitrogens is 3. The van der Waals surface area contributed by atoms with Gasteiger partial charge in [0.15, 0.2) is 11.0 Å². The first kappa shape index (κ1) is 19.5. The summed E-state index contributed by atoms with van der Waals surface area (Å²) in [6, 6.07) is 16.0. The molecule has 0 atom stereocenters. The summed E-state index contributed by atoms with van der Waals surface area (Å²) in [6.07, 6.45) is 0.915. The Morgan fingerprint density at radius 3 is 2.76 bits per heavy atom. The Morgan fingerprint density at radius 1 is 1.14 bits per heavy atom. The van der Waals surface area contributed by atoms with E-state index in [0.29, 0.717) is 12.4 Å². The molecular weight excluding hydrogens is 384 g/mol. The van der Waals surface area contributed by atoms with Crippen LogP contribution in [0, 0.1) is 6.92 Å². The maximum absolute atomic E-state index is 12.8. The number of para-hydroxylation sites is 2. The molecule has 0 unspecified atom stereocenters. The number of hydrogen-bond donors (Lipinski definition) is 0. The van der Waals surface area contributed by atoms with Crippen molar-refractivity contribution in [2.45, 2.75) is 38.6 Å². The second-order valence-corrected chi connectivity index (χ2v) is 7.85. The maximum atomic E-state index is 12.8. The van der Waals surface area contributed by atoms with E-state index in [-0.39, 0.29) is 5.91 Å². The van der Waals surface area contributed by atoms with E-state index in [0.717, 1.165) is 47.5 Å². The van der Waals surface area contributed by atoms with Crippen molar-refractivity contribution in [3.63, 3.8) is 0 Å². The molecule has 29 heavy (non-hydrogen) atoms. The van der Waals surface area contributed by atoms with Crippen LogP contribution in [0.15, 0.2) is 53.7 Å². The Bertz CT molecular complexity index is 1020. The van der Waals surface area contributed by atoms with Crippen LogP contribution in [0.4, 0.5) is 5.69 Å². The monoisotopic (exact) mass is 408 g/mol. The second kappa shape index (κ2) is 8.69. The Balaban J connectivity index is 1.39. The lowest BCUT2D eigenvalue weighted by Crippen LogP contribution is -2.30. The molecule has 1 aromatic heterocycles. The van der Waals surface area contributed by atoms with Crippen LogP contribution in [0.2, 0.25) is 0 Å². The minimum absolute atomic E-state index is 0.100. The lowest BCUT2D eigenvalue weighted by atomic mass is 10.2. The summed E-state index contributed by atoms with van der Waals surface area (Å²) in [7, 11) is 0. The van der Waals surface area contributed by atoms with Gasteiger partial charge in [0.1, 0.15) is 12.4 Å². The highest BCUT2D eigenvalue weighted by atomic mass is 32.2. The Labute approximate surface area is 174 Å². The maximum Gasteiger partial charge on any atom is 0.237 e. The van der Waals surface area contributed by atoms with Crippen LogP contribution in [-0.2, 0) is 24.4 Å².